The smallest absolute Gasteiger partial charge is 0.230 e. The van der Waals surface area contributed by atoms with Crippen LogP contribution < -0.4 is 10.6 Å². The molecular weight excluding hydrogens is 330 g/mol. The van der Waals surface area contributed by atoms with Gasteiger partial charge in [0, 0.05) is 26.6 Å². The molecule has 1 unspecified atom stereocenters. The first-order chi connectivity index (χ1) is 11.4. The van der Waals surface area contributed by atoms with Crippen LogP contribution in [0.15, 0.2) is 0 Å². The zero-order valence-corrected chi connectivity index (χ0v) is 15.4. The summed E-state index contributed by atoms with van der Waals surface area (Å²) in [7, 11) is 1.56. The Morgan fingerprint density at radius 2 is 1.96 bits per heavy atom. The Morgan fingerprint density at radius 1 is 1.29 bits per heavy atom. The van der Waals surface area contributed by atoms with Crippen molar-refractivity contribution < 1.29 is 19.2 Å². The summed E-state index contributed by atoms with van der Waals surface area (Å²) in [5.41, 5.74) is 0. The predicted molar refractivity (Wildman–Crippen MR) is 93.6 cm³/mol. The molecule has 136 valence electrons. The fourth-order valence-electron chi connectivity index (χ4n) is 2.81. The van der Waals surface area contributed by atoms with Crippen molar-refractivity contribution in [1.82, 2.24) is 15.5 Å². The number of Topliss-reactive ketones (excluding diaryl/α,β-unsaturated/α-hetero) is 1. The van der Waals surface area contributed by atoms with Gasteiger partial charge in [0.15, 0.2) is 5.78 Å². The van der Waals surface area contributed by atoms with Crippen LogP contribution in [-0.4, -0.2) is 66.1 Å². The van der Waals surface area contributed by atoms with Crippen LogP contribution in [0.1, 0.15) is 33.1 Å². The molecule has 1 heterocycles. The molecule has 1 saturated heterocycles. The Labute approximate surface area is 147 Å². The van der Waals surface area contributed by atoms with Gasteiger partial charge in [-0.3, -0.25) is 19.2 Å². The average Bonchev–Trinajstić information content (AvgIpc) is 2.88. The Kier molecular flexibility index (Phi) is 8.81. The van der Waals surface area contributed by atoms with Gasteiger partial charge in [-0.05, 0) is 25.7 Å². The monoisotopic (exact) mass is 357 g/mol. The topological polar surface area (TPSA) is 95.6 Å². The zero-order valence-electron chi connectivity index (χ0n) is 14.6. The molecule has 0 aromatic rings. The molecule has 0 saturated carbocycles. The van der Waals surface area contributed by atoms with Crippen LogP contribution in [0.4, 0.5) is 0 Å². The van der Waals surface area contributed by atoms with Crippen LogP contribution in [0.5, 0.6) is 0 Å². The van der Waals surface area contributed by atoms with Crippen molar-refractivity contribution in [2.24, 2.45) is 5.92 Å². The van der Waals surface area contributed by atoms with E-state index >= 15 is 0 Å². The van der Waals surface area contributed by atoms with Crippen molar-refractivity contribution in [3.8, 4) is 0 Å². The molecule has 7 nitrogen and oxygen atoms in total. The zero-order chi connectivity index (χ0) is 18.1. The molecule has 1 rings (SSSR count). The number of nitrogens with one attached hydrogen (secondary N) is 2. The van der Waals surface area contributed by atoms with Crippen molar-refractivity contribution >= 4 is 35.3 Å². The van der Waals surface area contributed by atoms with Crippen LogP contribution >= 0.6 is 11.8 Å². The van der Waals surface area contributed by atoms with Gasteiger partial charge in [0.2, 0.25) is 17.7 Å². The van der Waals surface area contributed by atoms with E-state index in [4.69, 9.17) is 0 Å². The van der Waals surface area contributed by atoms with Crippen molar-refractivity contribution in [3.05, 3.63) is 0 Å². The van der Waals surface area contributed by atoms with Crippen LogP contribution in [-0.2, 0) is 19.2 Å². The highest BCUT2D eigenvalue weighted by atomic mass is 32.2. The van der Waals surface area contributed by atoms with Gasteiger partial charge in [0.1, 0.15) is 0 Å². The maximum Gasteiger partial charge on any atom is 0.230 e. The highest BCUT2D eigenvalue weighted by molar-refractivity contribution is 8.00. The summed E-state index contributed by atoms with van der Waals surface area (Å²) in [4.78, 5) is 48.1. The number of hydrogen-bond donors (Lipinski definition) is 2. The molecule has 0 bridgehead atoms. The molecule has 2 atom stereocenters. The molecule has 1 aliphatic rings. The van der Waals surface area contributed by atoms with E-state index in [1.807, 2.05) is 6.92 Å². The Hall–Kier alpha value is -1.57. The molecule has 1 fully saturated rings. The number of thioether (sulfide) groups is 1. The Balaban J connectivity index is 2.26. The third-order valence-corrected chi connectivity index (χ3v) is 5.02. The Bertz CT molecular complexity index is 484. The summed E-state index contributed by atoms with van der Waals surface area (Å²) in [5.74, 6) is 0.505. The minimum Gasteiger partial charge on any atom is -0.358 e. The molecule has 0 aromatic carbocycles. The highest BCUT2D eigenvalue weighted by Gasteiger charge is 2.35. The third-order valence-electron chi connectivity index (χ3n) is 4.09. The average molecular weight is 357 g/mol. The lowest BCUT2D eigenvalue weighted by Crippen LogP contribution is -2.40. The Morgan fingerprint density at radius 3 is 2.54 bits per heavy atom. The minimum atomic E-state index is -0.321. The number of hydrogen-bond acceptors (Lipinski definition) is 5. The van der Waals surface area contributed by atoms with Gasteiger partial charge in [-0.2, -0.15) is 0 Å². The van der Waals surface area contributed by atoms with Crippen LogP contribution in [0.2, 0.25) is 0 Å². The number of carbonyl (C=O) groups is 4. The number of rotatable bonds is 10. The summed E-state index contributed by atoms with van der Waals surface area (Å²) < 4.78 is 0. The summed E-state index contributed by atoms with van der Waals surface area (Å²) >= 11 is 1.26. The summed E-state index contributed by atoms with van der Waals surface area (Å²) in [6.07, 6.45) is 1.78. The molecule has 0 aromatic heterocycles. The van der Waals surface area contributed by atoms with Gasteiger partial charge in [-0.15, -0.1) is 11.8 Å². The normalized spacial score (nSPS) is 18.4. The number of likely N-dealkylation sites (tertiary alicyclic amines) is 1. The number of nitrogens with zero attached hydrogens (tertiary/aromatic N) is 1. The van der Waals surface area contributed by atoms with Gasteiger partial charge in [-0.1, -0.05) is 6.92 Å². The highest BCUT2D eigenvalue weighted by Crippen LogP contribution is 2.24. The largest absolute Gasteiger partial charge is 0.358 e. The van der Waals surface area contributed by atoms with E-state index in [2.05, 4.69) is 10.6 Å². The number of carbonyl (C=O) groups excluding carboxylic acids is 4. The van der Waals surface area contributed by atoms with Gasteiger partial charge in [-0.25, -0.2) is 0 Å². The first kappa shape index (κ1) is 20.5. The van der Waals surface area contributed by atoms with Crippen molar-refractivity contribution in [2.75, 3.05) is 31.6 Å². The molecule has 2 N–H and O–H groups in total. The van der Waals surface area contributed by atoms with Crippen molar-refractivity contribution in [3.63, 3.8) is 0 Å². The van der Waals surface area contributed by atoms with Gasteiger partial charge >= 0.3 is 0 Å². The van der Waals surface area contributed by atoms with Crippen LogP contribution in [0.3, 0.4) is 0 Å². The molecular formula is C16H27N3O4S. The van der Waals surface area contributed by atoms with E-state index in [-0.39, 0.29) is 47.0 Å². The lowest BCUT2D eigenvalue weighted by Gasteiger charge is -2.25. The van der Waals surface area contributed by atoms with E-state index < -0.39 is 0 Å². The second-order valence-corrected chi connectivity index (χ2v) is 6.94. The first-order valence-electron chi connectivity index (χ1n) is 8.23. The van der Waals surface area contributed by atoms with Crippen molar-refractivity contribution in [1.29, 1.82) is 0 Å². The second kappa shape index (κ2) is 10.3. The van der Waals surface area contributed by atoms with Gasteiger partial charge < -0.3 is 15.5 Å². The van der Waals surface area contributed by atoms with Crippen molar-refractivity contribution in [2.45, 2.75) is 39.2 Å². The fraction of sp³-hybridized carbons (Fsp3) is 0.750. The standard InChI is InChI=1S/C16H27N3O4S/c1-4-13(11(2)20)19-8-12(7-16(19)23)5-6-18-15(22)10-24-9-14(21)17-3/h12-13H,4-10H2,1-3H3,(H,17,21)(H,18,22)/t12?,13-/m1/s1. The summed E-state index contributed by atoms with van der Waals surface area (Å²) in [6, 6.07) is -0.321. The van der Waals surface area contributed by atoms with Gasteiger partial charge in [0.25, 0.3) is 0 Å². The number of ketones is 1. The molecule has 3 amide bonds. The molecule has 0 radical (unpaired) electrons. The SMILES string of the molecule is CC[C@H](C(C)=O)N1CC(CCNC(=O)CSCC(=O)NC)CC1=O. The molecule has 24 heavy (non-hydrogen) atoms. The van der Waals surface area contributed by atoms with Crippen LogP contribution in [0, 0.1) is 5.92 Å². The van der Waals surface area contributed by atoms with Crippen LogP contribution in [0.25, 0.3) is 0 Å². The third kappa shape index (κ3) is 6.51. The fourth-order valence-corrected chi connectivity index (χ4v) is 3.53. The second-order valence-electron chi connectivity index (χ2n) is 5.96. The molecule has 0 aliphatic carbocycles. The lowest BCUT2D eigenvalue weighted by molar-refractivity contribution is -0.135. The maximum absolute atomic E-state index is 12.1. The molecule has 8 heteroatoms. The quantitative estimate of drug-likeness (QED) is 0.582. The number of amides is 3. The summed E-state index contributed by atoms with van der Waals surface area (Å²) in [5, 5.41) is 5.31. The van der Waals surface area contributed by atoms with E-state index in [9.17, 15) is 19.2 Å². The van der Waals surface area contributed by atoms with Gasteiger partial charge in [0.05, 0.1) is 17.5 Å². The van der Waals surface area contributed by atoms with E-state index in [1.54, 1.807) is 11.9 Å². The van der Waals surface area contributed by atoms with E-state index in [0.29, 0.717) is 32.4 Å². The summed E-state index contributed by atoms with van der Waals surface area (Å²) in [6.45, 7) is 4.51. The molecule has 0 spiro atoms. The maximum atomic E-state index is 12.1. The minimum absolute atomic E-state index is 0.0212. The van der Waals surface area contributed by atoms with E-state index in [1.165, 1.54) is 18.7 Å². The van der Waals surface area contributed by atoms with E-state index in [0.717, 1.165) is 0 Å². The predicted octanol–water partition coefficient (Wildman–Crippen LogP) is 0.188. The molecule has 1 aliphatic heterocycles. The first-order valence-corrected chi connectivity index (χ1v) is 9.39. The lowest BCUT2D eigenvalue weighted by atomic mass is 10.0.